The third kappa shape index (κ3) is 8.12. The average Bonchev–Trinajstić information content (AvgIpc) is 2.05. The molecule has 0 radical (unpaired) electrons. The van der Waals surface area contributed by atoms with Gasteiger partial charge >= 0.3 is 0 Å². The summed E-state index contributed by atoms with van der Waals surface area (Å²) in [5, 5.41) is 2.94. The number of carbonyl (C=O) groups is 1. The molecule has 0 aromatic carbocycles. The first-order valence-electron chi connectivity index (χ1n) is 4.69. The topological polar surface area (TPSA) is 55.1 Å². The van der Waals surface area contributed by atoms with E-state index in [1.165, 1.54) is 0 Å². The van der Waals surface area contributed by atoms with Crippen molar-refractivity contribution in [2.24, 2.45) is 5.73 Å². The number of hydrogen-bond acceptors (Lipinski definition) is 3. The molecule has 0 aliphatic carbocycles. The van der Waals surface area contributed by atoms with Crippen molar-refractivity contribution in [3.05, 3.63) is 0 Å². The maximum Gasteiger partial charge on any atom is 0.220 e. The molecular weight excluding hydrogens is 184 g/mol. The van der Waals surface area contributed by atoms with Crippen LogP contribution in [0.15, 0.2) is 0 Å². The Morgan fingerprint density at radius 1 is 1.54 bits per heavy atom. The van der Waals surface area contributed by atoms with E-state index in [1.54, 1.807) is 11.8 Å². The van der Waals surface area contributed by atoms with Gasteiger partial charge in [-0.25, -0.2) is 0 Å². The van der Waals surface area contributed by atoms with Gasteiger partial charge in [-0.15, -0.1) is 0 Å². The van der Waals surface area contributed by atoms with Crippen LogP contribution in [0.5, 0.6) is 0 Å². The molecule has 0 heterocycles. The van der Waals surface area contributed by atoms with E-state index in [9.17, 15) is 4.79 Å². The molecule has 0 saturated heterocycles. The third-order valence-electron chi connectivity index (χ3n) is 1.68. The van der Waals surface area contributed by atoms with Gasteiger partial charge in [-0.1, -0.05) is 0 Å². The average molecular weight is 204 g/mol. The van der Waals surface area contributed by atoms with Crippen LogP contribution in [0.2, 0.25) is 0 Å². The molecule has 0 aliphatic rings. The van der Waals surface area contributed by atoms with Gasteiger partial charge in [-0.2, -0.15) is 11.8 Å². The van der Waals surface area contributed by atoms with Crippen LogP contribution >= 0.6 is 11.8 Å². The van der Waals surface area contributed by atoms with Crippen LogP contribution in [0, 0.1) is 0 Å². The SMILES string of the molecule is CSCC(C)NC(=O)CCCCN. The Balaban J connectivity index is 3.38. The van der Waals surface area contributed by atoms with Crippen molar-refractivity contribution in [2.75, 3.05) is 18.6 Å². The summed E-state index contributed by atoms with van der Waals surface area (Å²) in [6.45, 7) is 2.70. The van der Waals surface area contributed by atoms with E-state index in [1.807, 2.05) is 13.2 Å². The molecule has 0 spiro atoms. The van der Waals surface area contributed by atoms with Gasteiger partial charge in [0, 0.05) is 18.2 Å². The molecule has 0 bridgehead atoms. The fourth-order valence-corrected chi connectivity index (χ4v) is 1.65. The zero-order valence-corrected chi connectivity index (χ0v) is 9.32. The quantitative estimate of drug-likeness (QED) is 0.608. The highest BCUT2D eigenvalue weighted by molar-refractivity contribution is 7.98. The lowest BCUT2D eigenvalue weighted by molar-refractivity contribution is -0.121. The highest BCUT2D eigenvalue weighted by Crippen LogP contribution is 1.98. The molecule has 0 rings (SSSR count). The Labute approximate surface area is 84.8 Å². The van der Waals surface area contributed by atoms with E-state index in [-0.39, 0.29) is 11.9 Å². The lowest BCUT2D eigenvalue weighted by atomic mass is 10.2. The third-order valence-corrected chi connectivity index (χ3v) is 2.52. The van der Waals surface area contributed by atoms with Gasteiger partial charge in [-0.05, 0) is 32.6 Å². The van der Waals surface area contributed by atoms with Gasteiger partial charge in [0.15, 0.2) is 0 Å². The normalized spacial score (nSPS) is 12.5. The molecule has 1 unspecified atom stereocenters. The largest absolute Gasteiger partial charge is 0.353 e. The molecule has 0 aliphatic heterocycles. The Bertz CT molecular complexity index is 142. The minimum absolute atomic E-state index is 0.148. The summed E-state index contributed by atoms with van der Waals surface area (Å²) in [5.74, 6) is 1.12. The number of nitrogens with two attached hydrogens (primary N) is 1. The van der Waals surface area contributed by atoms with E-state index >= 15 is 0 Å². The van der Waals surface area contributed by atoms with E-state index in [2.05, 4.69) is 5.32 Å². The van der Waals surface area contributed by atoms with E-state index < -0.39 is 0 Å². The van der Waals surface area contributed by atoms with Gasteiger partial charge in [0.05, 0.1) is 0 Å². The molecule has 0 fully saturated rings. The monoisotopic (exact) mass is 204 g/mol. The zero-order chi connectivity index (χ0) is 10.1. The maximum absolute atomic E-state index is 11.2. The standard InChI is InChI=1S/C9H20N2OS/c1-8(7-13-2)11-9(12)5-3-4-6-10/h8H,3-7,10H2,1-2H3,(H,11,12). The molecule has 13 heavy (non-hydrogen) atoms. The summed E-state index contributed by atoms with van der Waals surface area (Å²) >= 11 is 1.75. The number of unbranched alkanes of at least 4 members (excludes halogenated alkanes) is 1. The lowest BCUT2D eigenvalue weighted by Crippen LogP contribution is -2.34. The maximum atomic E-state index is 11.2. The molecule has 0 saturated carbocycles. The zero-order valence-electron chi connectivity index (χ0n) is 8.51. The van der Waals surface area contributed by atoms with Gasteiger partial charge in [0.2, 0.25) is 5.91 Å². The van der Waals surface area contributed by atoms with Crippen molar-refractivity contribution < 1.29 is 4.79 Å². The Hall–Kier alpha value is -0.220. The van der Waals surface area contributed by atoms with Crippen LogP contribution in [-0.4, -0.2) is 30.5 Å². The molecule has 0 aromatic heterocycles. The van der Waals surface area contributed by atoms with Crippen molar-refractivity contribution >= 4 is 17.7 Å². The fraction of sp³-hybridized carbons (Fsp3) is 0.889. The van der Waals surface area contributed by atoms with Gasteiger partial charge in [0.1, 0.15) is 0 Å². The summed E-state index contributed by atoms with van der Waals surface area (Å²) in [5.41, 5.74) is 5.33. The molecule has 1 atom stereocenters. The highest BCUT2D eigenvalue weighted by Gasteiger charge is 2.05. The first-order chi connectivity index (χ1) is 6.20. The van der Waals surface area contributed by atoms with Crippen molar-refractivity contribution in [3.63, 3.8) is 0 Å². The molecule has 1 amide bonds. The van der Waals surface area contributed by atoms with Crippen molar-refractivity contribution in [3.8, 4) is 0 Å². The number of rotatable bonds is 7. The van der Waals surface area contributed by atoms with Crippen molar-refractivity contribution in [1.29, 1.82) is 0 Å². The first kappa shape index (κ1) is 12.8. The predicted octanol–water partition coefficient (Wildman–Crippen LogP) is 0.983. The molecule has 78 valence electrons. The smallest absolute Gasteiger partial charge is 0.220 e. The van der Waals surface area contributed by atoms with Gasteiger partial charge in [0.25, 0.3) is 0 Å². The van der Waals surface area contributed by atoms with Crippen LogP contribution in [0.1, 0.15) is 26.2 Å². The number of amides is 1. The van der Waals surface area contributed by atoms with Crippen molar-refractivity contribution in [1.82, 2.24) is 5.32 Å². The van der Waals surface area contributed by atoms with Gasteiger partial charge in [-0.3, -0.25) is 4.79 Å². The fourth-order valence-electron chi connectivity index (χ4n) is 1.07. The van der Waals surface area contributed by atoms with Crippen LogP contribution < -0.4 is 11.1 Å². The summed E-state index contributed by atoms with van der Waals surface area (Å²) < 4.78 is 0. The second-order valence-corrected chi connectivity index (χ2v) is 4.08. The molecule has 3 N–H and O–H groups in total. The first-order valence-corrected chi connectivity index (χ1v) is 6.08. The van der Waals surface area contributed by atoms with E-state index in [0.29, 0.717) is 13.0 Å². The van der Waals surface area contributed by atoms with Crippen LogP contribution in [0.25, 0.3) is 0 Å². The molecule has 0 aromatic rings. The van der Waals surface area contributed by atoms with Crippen LogP contribution in [0.3, 0.4) is 0 Å². The predicted molar refractivity (Wildman–Crippen MR) is 58.9 cm³/mol. The molecular formula is C9H20N2OS. The number of carbonyl (C=O) groups excluding carboxylic acids is 1. The summed E-state index contributed by atoms with van der Waals surface area (Å²) in [6, 6.07) is 0.278. The number of nitrogens with one attached hydrogen (secondary N) is 1. The Kier molecular flexibility index (Phi) is 8.24. The summed E-state index contributed by atoms with van der Waals surface area (Å²) in [6.07, 6.45) is 4.48. The second-order valence-electron chi connectivity index (χ2n) is 3.17. The summed E-state index contributed by atoms with van der Waals surface area (Å²) in [7, 11) is 0. The summed E-state index contributed by atoms with van der Waals surface area (Å²) in [4.78, 5) is 11.2. The number of thioether (sulfide) groups is 1. The lowest BCUT2D eigenvalue weighted by Gasteiger charge is -2.11. The molecule has 4 heteroatoms. The van der Waals surface area contributed by atoms with E-state index in [4.69, 9.17) is 5.73 Å². The number of hydrogen-bond donors (Lipinski definition) is 2. The Morgan fingerprint density at radius 3 is 2.77 bits per heavy atom. The minimum Gasteiger partial charge on any atom is -0.353 e. The van der Waals surface area contributed by atoms with E-state index in [0.717, 1.165) is 18.6 Å². The van der Waals surface area contributed by atoms with Crippen LogP contribution in [0.4, 0.5) is 0 Å². The minimum atomic E-state index is 0.148. The van der Waals surface area contributed by atoms with Crippen molar-refractivity contribution in [2.45, 2.75) is 32.2 Å². The van der Waals surface area contributed by atoms with Crippen LogP contribution in [-0.2, 0) is 4.79 Å². The highest BCUT2D eigenvalue weighted by atomic mass is 32.2. The Morgan fingerprint density at radius 2 is 2.23 bits per heavy atom. The molecule has 3 nitrogen and oxygen atoms in total. The van der Waals surface area contributed by atoms with Gasteiger partial charge < -0.3 is 11.1 Å². The second kappa shape index (κ2) is 8.38.